The number of rotatable bonds is 19. The van der Waals surface area contributed by atoms with Gasteiger partial charge in [0, 0.05) is 24.0 Å². The van der Waals surface area contributed by atoms with Crippen LogP contribution in [0.2, 0.25) is 0 Å². The fourth-order valence-corrected chi connectivity index (χ4v) is 5.35. The molecule has 0 saturated carbocycles. The quantitative estimate of drug-likeness (QED) is 0.0819. The van der Waals surface area contributed by atoms with Crippen molar-refractivity contribution in [2.75, 3.05) is 39.6 Å². The second kappa shape index (κ2) is 17.4. The summed E-state index contributed by atoms with van der Waals surface area (Å²) in [6, 6.07) is 30.1. The minimum Gasteiger partial charge on any atom is -0.508 e. The highest BCUT2D eigenvalue weighted by atomic mass is 16.5. The summed E-state index contributed by atoms with van der Waals surface area (Å²) in [5, 5.41) is 39.7. The molecule has 4 aromatic carbocycles. The number of phenols is 2. The molecule has 4 aromatic rings. The van der Waals surface area contributed by atoms with E-state index >= 15 is 0 Å². The predicted octanol–water partition coefficient (Wildman–Crippen LogP) is 6.74. The molecule has 0 amide bonds. The average Bonchev–Trinajstić information content (AvgIpc) is 3.08. The van der Waals surface area contributed by atoms with Crippen LogP contribution in [0.15, 0.2) is 97.1 Å². The number of hydrogen-bond donors (Lipinski definition) is 4. The van der Waals surface area contributed by atoms with E-state index in [1.165, 1.54) is 0 Å². The third-order valence-corrected chi connectivity index (χ3v) is 8.66. The molecule has 0 aromatic heterocycles. The average molecular weight is 659 g/mol. The number of benzene rings is 4. The maximum Gasteiger partial charge on any atom is 0.119 e. The molecule has 0 bridgehead atoms. The summed E-state index contributed by atoms with van der Waals surface area (Å²) < 4.78 is 22.7. The van der Waals surface area contributed by atoms with Gasteiger partial charge >= 0.3 is 0 Å². The topological polar surface area (TPSA) is 118 Å². The van der Waals surface area contributed by atoms with Crippen LogP contribution in [-0.2, 0) is 20.3 Å². The Morgan fingerprint density at radius 2 is 0.750 bits per heavy atom. The normalized spacial score (nSPS) is 13.2. The minimum atomic E-state index is -0.744. The first-order chi connectivity index (χ1) is 22.9. The molecule has 2 atom stereocenters. The van der Waals surface area contributed by atoms with E-state index < -0.39 is 12.2 Å². The van der Waals surface area contributed by atoms with Crippen LogP contribution in [0.1, 0.15) is 62.8 Å². The van der Waals surface area contributed by atoms with E-state index in [1.807, 2.05) is 72.8 Å². The third kappa shape index (κ3) is 10.7. The summed E-state index contributed by atoms with van der Waals surface area (Å²) in [6.07, 6.45) is 0.0503. The molecule has 0 aliphatic rings. The number of hydrogen-bond acceptors (Lipinski definition) is 8. The first-order valence-corrected chi connectivity index (χ1v) is 16.5. The van der Waals surface area contributed by atoms with Crippen molar-refractivity contribution in [3.05, 3.63) is 119 Å². The Hall–Kier alpha value is -4.08. The summed E-state index contributed by atoms with van der Waals surface area (Å²) >= 11 is 0. The Labute approximate surface area is 284 Å². The molecule has 0 radical (unpaired) electrons. The third-order valence-electron chi connectivity index (χ3n) is 8.66. The zero-order chi connectivity index (χ0) is 34.6. The largest absolute Gasteiger partial charge is 0.508 e. The highest BCUT2D eigenvalue weighted by Crippen LogP contribution is 2.34. The van der Waals surface area contributed by atoms with Gasteiger partial charge in [-0.3, -0.25) is 0 Å². The molecule has 48 heavy (non-hydrogen) atoms. The van der Waals surface area contributed by atoms with E-state index in [1.54, 1.807) is 24.3 Å². The van der Waals surface area contributed by atoms with Crippen molar-refractivity contribution in [2.45, 2.75) is 63.6 Å². The van der Waals surface area contributed by atoms with E-state index in [0.717, 1.165) is 35.1 Å². The van der Waals surface area contributed by atoms with Crippen molar-refractivity contribution in [3.8, 4) is 23.0 Å². The second-order valence-corrected chi connectivity index (χ2v) is 13.2. The van der Waals surface area contributed by atoms with E-state index in [9.17, 15) is 20.4 Å². The Balaban J connectivity index is 1.03. The van der Waals surface area contributed by atoms with Crippen LogP contribution >= 0.6 is 0 Å². The lowest BCUT2D eigenvalue weighted by atomic mass is 9.78. The van der Waals surface area contributed by atoms with Crippen LogP contribution in [0.3, 0.4) is 0 Å². The number of phenolic OH excluding ortho intramolecular Hbond substituents is 2. The summed E-state index contributed by atoms with van der Waals surface area (Å²) in [5.41, 5.74) is 3.96. The molecule has 4 rings (SSSR count). The molecule has 0 spiro atoms. The van der Waals surface area contributed by atoms with Gasteiger partial charge in [-0.25, -0.2) is 0 Å². The highest BCUT2D eigenvalue weighted by molar-refractivity contribution is 5.43. The van der Waals surface area contributed by atoms with E-state index in [-0.39, 0.29) is 48.8 Å². The maximum atomic E-state index is 10.3. The van der Waals surface area contributed by atoms with Gasteiger partial charge in [0.1, 0.15) is 48.4 Å². The molecule has 8 heteroatoms. The Morgan fingerprint density at radius 1 is 0.458 bits per heavy atom. The van der Waals surface area contributed by atoms with Gasteiger partial charge in [-0.15, -0.1) is 0 Å². The number of unbranched alkanes of at least 4 members (excludes halogenated alkanes) is 1. The fourth-order valence-electron chi connectivity index (χ4n) is 5.35. The Morgan fingerprint density at radius 3 is 1.06 bits per heavy atom. The monoisotopic (exact) mass is 658 g/mol. The van der Waals surface area contributed by atoms with Crippen molar-refractivity contribution < 1.29 is 39.4 Å². The number of aromatic hydroxyl groups is 2. The smallest absolute Gasteiger partial charge is 0.119 e. The zero-order valence-electron chi connectivity index (χ0n) is 28.5. The summed E-state index contributed by atoms with van der Waals surface area (Å²) in [6.45, 7) is 10.1. The molecule has 4 N–H and O–H groups in total. The van der Waals surface area contributed by atoms with Gasteiger partial charge < -0.3 is 39.4 Å². The zero-order valence-corrected chi connectivity index (χ0v) is 28.5. The van der Waals surface area contributed by atoms with Gasteiger partial charge in [0.2, 0.25) is 0 Å². The van der Waals surface area contributed by atoms with Crippen molar-refractivity contribution in [2.24, 2.45) is 0 Å². The van der Waals surface area contributed by atoms with Crippen LogP contribution in [0, 0.1) is 0 Å². The lowest BCUT2D eigenvalue weighted by molar-refractivity contribution is 0.000263. The molecule has 0 aliphatic carbocycles. The van der Waals surface area contributed by atoms with E-state index in [0.29, 0.717) is 24.7 Å². The van der Waals surface area contributed by atoms with Gasteiger partial charge in [-0.1, -0.05) is 76.2 Å². The van der Waals surface area contributed by atoms with Crippen LogP contribution < -0.4 is 9.47 Å². The number of aliphatic hydroxyl groups is 2. The van der Waals surface area contributed by atoms with Gasteiger partial charge in [0.15, 0.2) is 0 Å². The van der Waals surface area contributed by atoms with Crippen LogP contribution in [-0.4, -0.2) is 72.3 Å². The van der Waals surface area contributed by atoms with E-state index in [4.69, 9.17) is 18.9 Å². The standard InChI is InChI=1S/C40H50O8/c1-39(2,29-7-15-33(41)16-8-29)31-11-19-37(20-12-31)47-27-35(43)25-45-23-5-6-24-46-26-36(44)28-48-38-21-13-32(14-22-38)40(3,4)30-9-17-34(42)18-10-30/h7-22,35-36,41-44H,5-6,23-28H2,1-4H3. The molecular weight excluding hydrogens is 608 g/mol. The number of ether oxygens (including phenoxy) is 4. The molecule has 0 saturated heterocycles. The minimum absolute atomic E-state index is 0.131. The predicted molar refractivity (Wildman–Crippen MR) is 187 cm³/mol. The Kier molecular flexibility index (Phi) is 13.3. The van der Waals surface area contributed by atoms with Crippen molar-refractivity contribution in [1.29, 1.82) is 0 Å². The molecule has 0 heterocycles. The lowest BCUT2D eigenvalue weighted by Crippen LogP contribution is -2.24. The summed E-state index contributed by atoms with van der Waals surface area (Å²) in [7, 11) is 0. The van der Waals surface area contributed by atoms with Crippen LogP contribution in [0.25, 0.3) is 0 Å². The maximum absolute atomic E-state index is 10.3. The van der Waals surface area contributed by atoms with Gasteiger partial charge in [0.05, 0.1) is 13.2 Å². The van der Waals surface area contributed by atoms with Gasteiger partial charge in [-0.2, -0.15) is 0 Å². The van der Waals surface area contributed by atoms with E-state index in [2.05, 4.69) is 27.7 Å². The van der Waals surface area contributed by atoms with Gasteiger partial charge in [-0.05, 0) is 83.6 Å². The molecule has 8 nitrogen and oxygen atoms in total. The lowest BCUT2D eigenvalue weighted by Gasteiger charge is -2.26. The SMILES string of the molecule is CC(C)(c1ccc(O)cc1)c1ccc(OCC(O)COCCCCOCC(O)COc2ccc(C(C)(C)c3ccc(O)cc3)cc2)cc1. The van der Waals surface area contributed by atoms with Crippen LogP contribution in [0.5, 0.6) is 23.0 Å². The molecule has 258 valence electrons. The molecule has 0 fully saturated rings. The number of aliphatic hydroxyl groups excluding tert-OH is 2. The Bertz CT molecular complexity index is 1380. The van der Waals surface area contributed by atoms with Gasteiger partial charge in [0.25, 0.3) is 0 Å². The summed E-state index contributed by atoms with van der Waals surface area (Å²) in [5.74, 6) is 1.84. The first kappa shape index (κ1) is 36.8. The summed E-state index contributed by atoms with van der Waals surface area (Å²) in [4.78, 5) is 0. The first-order valence-electron chi connectivity index (χ1n) is 16.5. The highest BCUT2D eigenvalue weighted by Gasteiger charge is 2.24. The molecule has 0 aliphatic heterocycles. The van der Waals surface area contributed by atoms with Crippen molar-refractivity contribution >= 4 is 0 Å². The fraction of sp³-hybridized carbons (Fsp3) is 0.400. The molecular formula is C40H50O8. The second-order valence-electron chi connectivity index (χ2n) is 13.2. The van der Waals surface area contributed by atoms with Crippen LogP contribution in [0.4, 0.5) is 0 Å². The van der Waals surface area contributed by atoms with Crippen molar-refractivity contribution in [1.82, 2.24) is 0 Å². The molecule has 2 unspecified atom stereocenters. The van der Waals surface area contributed by atoms with Crippen molar-refractivity contribution in [3.63, 3.8) is 0 Å².